The maximum atomic E-state index is 12.8. The van der Waals surface area contributed by atoms with E-state index < -0.39 is 17.3 Å². The van der Waals surface area contributed by atoms with Gasteiger partial charge in [-0.1, -0.05) is 6.92 Å². The van der Waals surface area contributed by atoms with E-state index in [0.29, 0.717) is 6.42 Å². The molecule has 1 aliphatic heterocycles. The van der Waals surface area contributed by atoms with E-state index in [1.165, 1.54) is 17.1 Å². The van der Waals surface area contributed by atoms with Gasteiger partial charge in [0.15, 0.2) is 0 Å². The van der Waals surface area contributed by atoms with E-state index in [9.17, 15) is 18.3 Å². The predicted octanol–water partition coefficient (Wildman–Crippen LogP) is 3.87. The Labute approximate surface area is 106 Å². The lowest BCUT2D eigenvalue weighted by molar-refractivity contribution is -0.140. The molecule has 17 heavy (non-hydrogen) atoms. The number of hydrogen-bond acceptors (Lipinski definition) is 3. The molecule has 1 aliphatic rings. The second-order valence-electron chi connectivity index (χ2n) is 4.24. The summed E-state index contributed by atoms with van der Waals surface area (Å²) in [7, 11) is 0. The number of alkyl halides is 3. The minimum atomic E-state index is -4.38. The van der Waals surface area contributed by atoms with Crippen LogP contribution in [0.25, 0.3) is 0 Å². The van der Waals surface area contributed by atoms with Crippen LogP contribution in [0.3, 0.4) is 0 Å². The summed E-state index contributed by atoms with van der Waals surface area (Å²) < 4.78 is 38.5. The summed E-state index contributed by atoms with van der Waals surface area (Å²) in [4.78, 5) is 0. The van der Waals surface area contributed by atoms with Crippen molar-refractivity contribution >= 4 is 23.1 Å². The molecule has 1 N–H and O–H groups in total. The van der Waals surface area contributed by atoms with E-state index in [1.807, 2.05) is 0 Å². The summed E-state index contributed by atoms with van der Waals surface area (Å²) in [6, 6.07) is 0. The Bertz CT molecular complexity index is 402. The highest BCUT2D eigenvalue weighted by atomic mass is 32.2. The number of halogens is 3. The highest BCUT2D eigenvalue weighted by molar-refractivity contribution is 8.00. The van der Waals surface area contributed by atoms with Crippen LogP contribution in [0.4, 0.5) is 13.2 Å². The number of thioether (sulfide) groups is 1. The largest absolute Gasteiger partial charge is 0.417 e. The molecule has 1 saturated heterocycles. The first kappa shape index (κ1) is 13.2. The van der Waals surface area contributed by atoms with Crippen molar-refractivity contribution in [2.24, 2.45) is 0 Å². The van der Waals surface area contributed by atoms with Gasteiger partial charge in [-0.05, 0) is 24.0 Å². The topological polar surface area (TPSA) is 20.2 Å². The first-order chi connectivity index (χ1) is 7.86. The molecule has 2 heterocycles. The van der Waals surface area contributed by atoms with Gasteiger partial charge < -0.3 is 5.11 Å². The lowest BCUT2D eigenvalue weighted by atomic mass is 9.85. The van der Waals surface area contributed by atoms with Crippen molar-refractivity contribution in [3.05, 3.63) is 21.9 Å². The van der Waals surface area contributed by atoms with Gasteiger partial charge in [-0.25, -0.2) is 0 Å². The summed E-state index contributed by atoms with van der Waals surface area (Å²) in [5.41, 5.74) is -1.97. The summed E-state index contributed by atoms with van der Waals surface area (Å²) in [6.45, 7) is 1.79. The van der Waals surface area contributed by atoms with Gasteiger partial charge in [0.2, 0.25) is 0 Å². The fourth-order valence-electron chi connectivity index (χ4n) is 2.15. The van der Waals surface area contributed by atoms with E-state index >= 15 is 0 Å². The van der Waals surface area contributed by atoms with Crippen molar-refractivity contribution in [1.82, 2.24) is 0 Å². The summed E-state index contributed by atoms with van der Waals surface area (Å²) in [5.74, 6) is 0.898. The highest BCUT2D eigenvalue weighted by Crippen LogP contribution is 2.47. The van der Waals surface area contributed by atoms with Gasteiger partial charge in [0.25, 0.3) is 0 Å². The molecule has 0 bridgehead atoms. The Morgan fingerprint density at radius 2 is 2.12 bits per heavy atom. The standard InChI is InChI=1S/C11H13F3OS2/c1-7-10(15,3-2-4-17-7)8-5-16-6-9(8)11(12,13)14/h5-7,15H,2-4H2,1H3. The van der Waals surface area contributed by atoms with E-state index in [-0.39, 0.29) is 10.8 Å². The Hall–Kier alpha value is -0.200. The van der Waals surface area contributed by atoms with Gasteiger partial charge in [0, 0.05) is 16.2 Å². The van der Waals surface area contributed by atoms with Crippen LogP contribution in [0.2, 0.25) is 0 Å². The van der Waals surface area contributed by atoms with Crippen LogP contribution in [0.1, 0.15) is 30.9 Å². The van der Waals surface area contributed by atoms with Crippen LogP contribution in [0, 0.1) is 0 Å². The second kappa shape index (κ2) is 4.48. The van der Waals surface area contributed by atoms with Crippen LogP contribution in [0.15, 0.2) is 10.8 Å². The average molecular weight is 282 g/mol. The Morgan fingerprint density at radius 1 is 1.41 bits per heavy atom. The first-order valence-corrected chi connectivity index (χ1v) is 7.32. The molecule has 1 aromatic heterocycles. The molecule has 6 heteroatoms. The zero-order valence-electron chi connectivity index (χ0n) is 9.25. The van der Waals surface area contributed by atoms with Crippen LogP contribution >= 0.6 is 23.1 Å². The molecule has 0 spiro atoms. The third-order valence-electron chi connectivity index (χ3n) is 3.18. The number of hydrogen-bond donors (Lipinski definition) is 1. The summed E-state index contributed by atoms with van der Waals surface area (Å²) in [5, 5.41) is 12.8. The van der Waals surface area contributed by atoms with Crippen molar-refractivity contribution < 1.29 is 18.3 Å². The van der Waals surface area contributed by atoms with Gasteiger partial charge in [-0.3, -0.25) is 0 Å². The fraction of sp³-hybridized carbons (Fsp3) is 0.636. The molecule has 1 aromatic rings. The lowest BCUT2D eigenvalue weighted by Crippen LogP contribution is -2.39. The molecule has 1 nitrogen and oxygen atoms in total. The Balaban J connectivity index is 2.42. The number of aliphatic hydroxyl groups is 1. The monoisotopic (exact) mass is 282 g/mol. The third kappa shape index (κ3) is 2.35. The maximum Gasteiger partial charge on any atom is 0.417 e. The van der Waals surface area contributed by atoms with Crippen LogP contribution in [0.5, 0.6) is 0 Å². The first-order valence-electron chi connectivity index (χ1n) is 5.33. The average Bonchev–Trinajstić information content (AvgIpc) is 2.71. The van der Waals surface area contributed by atoms with Crippen molar-refractivity contribution in [2.45, 2.75) is 36.8 Å². The number of thiophene rings is 1. The Kier molecular flexibility index (Phi) is 3.49. The van der Waals surface area contributed by atoms with Crippen LogP contribution in [-0.2, 0) is 11.8 Å². The minimum Gasteiger partial charge on any atom is -0.384 e. The maximum absolute atomic E-state index is 12.8. The summed E-state index contributed by atoms with van der Waals surface area (Å²) in [6.07, 6.45) is -3.23. The smallest absolute Gasteiger partial charge is 0.384 e. The molecule has 0 radical (unpaired) electrons. The third-order valence-corrected chi connectivity index (χ3v) is 5.33. The fourth-order valence-corrected chi connectivity index (χ4v) is 4.27. The molecular weight excluding hydrogens is 269 g/mol. The van der Waals surface area contributed by atoms with Crippen LogP contribution < -0.4 is 0 Å². The molecule has 2 atom stereocenters. The van der Waals surface area contributed by atoms with Crippen molar-refractivity contribution in [3.63, 3.8) is 0 Å². The van der Waals surface area contributed by atoms with Gasteiger partial charge in [-0.2, -0.15) is 36.3 Å². The molecule has 0 aromatic carbocycles. The predicted molar refractivity (Wildman–Crippen MR) is 64.4 cm³/mol. The Morgan fingerprint density at radius 3 is 2.71 bits per heavy atom. The molecule has 0 saturated carbocycles. The zero-order valence-corrected chi connectivity index (χ0v) is 10.9. The van der Waals surface area contributed by atoms with E-state index in [2.05, 4.69) is 0 Å². The minimum absolute atomic E-state index is 0.0506. The highest BCUT2D eigenvalue weighted by Gasteiger charge is 2.45. The van der Waals surface area contributed by atoms with Gasteiger partial charge in [0.05, 0.1) is 5.56 Å². The SMILES string of the molecule is CC1SCCCC1(O)c1cscc1C(F)(F)F. The van der Waals surface area contributed by atoms with Crippen LogP contribution in [-0.4, -0.2) is 16.1 Å². The molecule has 0 aliphatic carbocycles. The zero-order chi connectivity index (χ0) is 12.7. The van der Waals surface area contributed by atoms with E-state index in [0.717, 1.165) is 28.9 Å². The van der Waals surface area contributed by atoms with E-state index in [1.54, 1.807) is 6.92 Å². The summed E-state index contributed by atoms with van der Waals surface area (Å²) >= 11 is 2.53. The second-order valence-corrected chi connectivity index (χ2v) is 6.43. The van der Waals surface area contributed by atoms with Crippen molar-refractivity contribution in [3.8, 4) is 0 Å². The van der Waals surface area contributed by atoms with Gasteiger partial charge in [0.1, 0.15) is 5.60 Å². The molecule has 1 fully saturated rings. The molecule has 2 rings (SSSR count). The molecular formula is C11H13F3OS2. The van der Waals surface area contributed by atoms with E-state index in [4.69, 9.17) is 0 Å². The number of rotatable bonds is 1. The van der Waals surface area contributed by atoms with Crippen molar-refractivity contribution in [2.75, 3.05) is 5.75 Å². The normalized spacial score (nSPS) is 30.5. The molecule has 2 unspecified atom stereocenters. The quantitative estimate of drug-likeness (QED) is 0.843. The van der Waals surface area contributed by atoms with Gasteiger partial charge in [-0.15, -0.1) is 0 Å². The molecule has 0 amide bonds. The lowest BCUT2D eigenvalue weighted by Gasteiger charge is -2.38. The van der Waals surface area contributed by atoms with Gasteiger partial charge >= 0.3 is 6.18 Å². The van der Waals surface area contributed by atoms with Crippen molar-refractivity contribution in [1.29, 1.82) is 0 Å². The molecule has 96 valence electrons.